The van der Waals surface area contributed by atoms with Gasteiger partial charge in [-0.1, -0.05) is 30.3 Å². The monoisotopic (exact) mass is 312 g/mol. The first kappa shape index (κ1) is 15.6. The molecular formula is C18H24N4O. The molecule has 1 atom stereocenters. The molecule has 1 aromatic heterocycles. The van der Waals surface area contributed by atoms with E-state index in [-0.39, 0.29) is 12.1 Å². The highest BCUT2D eigenvalue weighted by molar-refractivity contribution is 5.74. The van der Waals surface area contributed by atoms with Gasteiger partial charge in [-0.15, -0.1) is 0 Å². The summed E-state index contributed by atoms with van der Waals surface area (Å²) in [5.74, 6) is 0. The SMILES string of the molecule is C[C@H](CNC(=O)N1CCCCC1)n1ccc(-c2ccccc2)n1. The molecule has 2 amide bonds. The predicted octanol–water partition coefficient (Wildman–Crippen LogP) is 3.31. The largest absolute Gasteiger partial charge is 0.336 e. The second-order valence-corrected chi connectivity index (χ2v) is 6.13. The van der Waals surface area contributed by atoms with Crippen molar-refractivity contribution in [3.63, 3.8) is 0 Å². The highest BCUT2D eigenvalue weighted by atomic mass is 16.2. The van der Waals surface area contributed by atoms with Crippen molar-refractivity contribution in [2.75, 3.05) is 19.6 Å². The molecule has 3 rings (SSSR count). The van der Waals surface area contributed by atoms with Crippen LogP contribution in [-0.4, -0.2) is 40.3 Å². The molecule has 5 heteroatoms. The Morgan fingerprint density at radius 2 is 1.91 bits per heavy atom. The van der Waals surface area contributed by atoms with Gasteiger partial charge in [-0.05, 0) is 32.3 Å². The molecule has 0 aliphatic carbocycles. The Labute approximate surface area is 137 Å². The van der Waals surface area contributed by atoms with Crippen LogP contribution in [0, 0.1) is 0 Å². The van der Waals surface area contributed by atoms with Crippen molar-refractivity contribution in [3.8, 4) is 11.3 Å². The molecule has 2 heterocycles. The molecule has 1 N–H and O–H groups in total. The third kappa shape index (κ3) is 3.92. The number of amides is 2. The molecule has 0 spiro atoms. The highest BCUT2D eigenvalue weighted by Crippen LogP contribution is 2.17. The first-order chi connectivity index (χ1) is 11.2. The Balaban J connectivity index is 1.55. The molecule has 1 aliphatic rings. The minimum Gasteiger partial charge on any atom is -0.336 e. The quantitative estimate of drug-likeness (QED) is 0.941. The summed E-state index contributed by atoms with van der Waals surface area (Å²) in [4.78, 5) is 14.1. The zero-order valence-corrected chi connectivity index (χ0v) is 13.6. The average Bonchev–Trinajstić information content (AvgIpc) is 3.11. The molecule has 0 bridgehead atoms. The third-order valence-corrected chi connectivity index (χ3v) is 4.32. The van der Waals surface area contributed by atoms with E-state index in [9.17, 15) is 4.79 Å². The number of benzene rings is 1. The van der Waals surface area contributed by atoms with Gasteiger partial charge in [0, 0.05) is 31.4 Å². The lowest BCUT2D eigenvalue weighted by Crippen LogP contribution is -2.44. The van der Waals surface area contributed by atoms with Crippen LogP contribution in [-0.2, 0) is 0 Å². The van der Waals surface area contributed by atoms with Crippen LogP contribution in [0.15, 0.2) is 42.6 Å². The summed E-state index contributed by atoms with van der Waals surface area (Å²) in [5, 5.41) is 7.65. The number of aromatic nitrogens is 2. The summed E-state index contributed by atoms with van der Waals surface area (Å²) in [6.45, 7) is 4.41. The van der Waals surface area contributed by atoms with Crippen molar-refractivity contribution in [2.24, 2.45) is 0 Å². The van der Waals surface area contributed by atoms with Crippen molar-refractivity contribution in [2.45, 2.75) is 32.2 Å². The van der Waals surface area contributed by atoms with Crippen molar-refractivity contribution in [1.29, 1.82) is 0 Å². The van der Waals surface area contributed by atoms with Gasteiger partial charge in [0.25, 0.3) is 0 Å². The van der Waals surface area contributed by atoms with Crippen LogP contribution >= 0.6 is 0 Å². The second-order valence-electron chi connectivity index (χ2n) is 6.13. The third-order valence-electron chi connectivity index (χ3n) is 4.32. The molecule has 23 heavy (non-hydrogen) atoms. The lowest BCUT2D eigenvalue weighted by Gasteiger charge is -2.27. The minimum atomic E-state index is 0.0481. The molecule has 0 radical (unpaired) electrons. The smallest absolute Gasteiger partial charge is 0.317 e. The van der Waals surface area contributed by atoms with Crippen molar-refractivity contribution in [1.82, 2.24) is 20.0 Å². The molecule has 5 nitrogen and oxygen atoms in total. The first-order valence-corrected chi connectivity index (χ1v) is 8.37. The maximum Gasteiger partial charge on any atom is 0.317 e. The molecule has 1 fully saturated rings. The number of rotatable bonds is 4. The Bertz CT molecular complexity index is 631. The average molecular weight is 312 g/mol. The van der Waals surface area contributed by atoms with Crippen LogP contribution in [0.3, 0.4) is 0 Å². The summed E-state index contributed by atoms with van der Waals surface area (Å²) in [5.41, 5.74) is 2.07. The topological polar surface area (TPSA) is 50.2 Å². The maximum atomic E-state index is 12.1. The standard InChI is InChI=1S/C18H24N4O/c1-15(14-19-18(23)21-11-6-3-7-12-21)22-13-10-17(20-22)16-8-4-2-5-9-16/h2,4-5,8-10,13,15H,3,6-7,11-12,14H2,1H3,(H,19,23)/t15-/m1/s1. The zero-order chi connectivity index (χ0) is 16.1. The van der Waals surface area contributed by atoms with Gasteiger partial charge >= 0.3 is 6.03 Å². The van der Waals surface area contributed by atoms with Crippen LogP contribution in [0.5, 0.6) is 0 Å². The van der Waals surface area contributed by atoms with E-state index in [1.54, 1.807) is 0 Å². The number of nitrogens with zero attached hydrogens (tertiary/aromatic N) is 3. The Morgan fingerprint density at radius 1 is 1.17 bits per heavy atom. The molecular weight excluding hydrogens is 288 g/mol. The normalized spacial score (nSPS) is 16.1. The number of hydrogen-bond acceptors (Lipinski definition) is 2. The number of piperidine rings is 1. The van der Waals surface area contributed by atoms with Gasteiger partial charge in [0.15, 0.2) is 0 Å². The summed E-state index contributed by atoms with van der Waals surface area (Å²) in [7, 11) is 0. The summed E-state index contributed by atoms with van der Waals surface area (Å²) < 4.78 is 1.92. The summed E-state index contributed by atoms with van der Waals surface area (Å²) >= 11 is 0. The molecule has 0 unspecified atom stereocenters. The van der Waals surface area contributed by atoms with Gasteiger partial charge in [-0.25, -0.2) is 4.79 Å². The van der Waals surface area contributed by atoms with Crippen LogP contribution < -0.4 is 5.32 Å². The fourth-order valence-electron chi connectivity index (χ4n) is 2.88. The van der Waals surface area contributed by atoms with Gasteiger partial charge < -0.3 is 10.2 Å². The van der Waals surface area contributed by atoms with E-state index in [0.29, 0.717) is 6.54 Å². The summed E-state index contributed by atoms with van der Waals surface area (Å²) in [6.07, 6.45) is 5.43. The second kappa shape index (κ2) is 7.31. The fraction of sp³-hybridized carbons (Fsp3) is 0.444. The van der Waals surface area contributed by atoms with Gasteiger partial charge in [-0.2, -0.15) is 5.10 Å². The van der Waals surface area contributed by atoms with Crippen LogP contribution in [0.4, 0.5) is 4.79 Å². The number of urea groups is 1. The van der Waals surface area contributed by atoms with Crippen molar-refractivity contribution in [3.05, 3.63) is 42.6 Å². The van der Waals surface area contributed by atoms with E-state index in [1.165, 1.54) is 6.42 Å². The van der Waals surface area contributed by atoms with E-state index in [1.807, 2.05) is 40.0 Å². The number of nitrogens with one attached hydrogen (secondary N) is 1. The molecule has 1 saturated heterocycles. The van der Waals surface area contributed by atoms with E-state index in [4.69, 9.17) is 0 Å². The predicted molar refractivity (Wildman–Crippen MR) is 91.2 cm³/mol. The maximum absolute atomic E-state index is 12.1. The highest BCUT2D eigenvalue weighted by Gasteiger charge is 2.17. The molecule has 1 aromatic carbocycles. The van der Waals surface area contributed by atoms with Gasteiger partial charge in [0.1, 0.15) is 0 Å². The number of hydrogen-bond donors (Lipinski definition) is 1. The molecule has 1 aliphatic heterocycles. The first-order valence-electron chi connectivity index (χ1n) is 8.37. The number of carbonyl (C=O) groups is 1. The van der Waals surface area contributed by atoms with Crippen molar-refractivity contribution < 1.29 is 4.79 Å². The minimum absolute atomic E-state index is 0.0481. The Hall–Kier alpha value is -2.30. The van der Waals surface area contributed by atoms with E-state index in [0.717, 1.165) is 37.2 Å². The summed E-state index contributed by atoms with van der Waals surface area (Å²) in [6, 6.07) is 12.3. The fourth-order valence-corrected chi connectivity index (χ4v) is 2.88. The Morgan fingerprint density at radius 3 is 2.65 bits per heavy atom. The molecule has 122 valence electrons. The zero-order valence-electron chi connectivity index (χ0n) is 13.6. The number of likely N-dealkylation sites (tertiary alicyclic amines) is 1. The van der Waals surface area contributed by atoms with Crippen LogP contribution in [0.2, 0.25) is 0 Å². The van der Waals surface area contributed by atoms with Gasteiger partial charge in [0.05, 0.1) is 11.7 Å². The van der Waals surface area contributed by atoms with Gasteiger partial charge in [-0.3, -0.25) is 4.68 Å². The number of carbonyl (C=O) groups excluding carboxylic acids is 1. The van der Waals surface area contributed by atoms with Crippen LogP contribution in [0.25, 0.3) is 11.3 Å². The lowest BCUT2D eigenvalue weighted by molar-refractivity contribution is 0.185. The van der Waals surface area contributed by atoms with Crippen molar-refractivity contribution >= 4 is 6.03 Å². The van der Waals surface area contributed by atoms with Crippen LogP contribution in [0.1, 0.15) is 32.2 Å². The van der Waals surface area contributed by atoms with E-state index in [2.05, 4.69) is 29.5 Å². The van der Waals surface area contributed by atoms with Gasteiger partial charge in [0.2, 0.25) is 0 Å². The van der Waals surface area contributed by atoms with E-state index >= 15 is 0 Å². The molecule has 0 saturated carbocycles. The lowest BCUT2D eigenvalue weighted by atomic mass is 10.1. The Kier molecular flexibility index (Phi) is 4.95. The van der Waals surface area contributed by atoms with E-state index < -0.39 is 0 Å². The molecule has 2 aromatic rings.